The number of rotatable bonds is 4. The molecule has 0 aliphatic carbocycles. The highest BCUT2D eigenvalue weighted by molar-refractivity contribution is 6.31. The molecule has 3 nitrogen and oxygen atoms in total. The van der Waals surface area contributed by atoms with Gasteiger partial charge in [0, 0.05) is 5.56 Å². The SMILES string of the molecule is Cc1ccc(C/N=C/c2nc(-c3ccccc3)[nH]c2Cl)cc1. The zero-order chi connectivity index (χ0) is 15.4. The third-order valence-corrected chi connectivity index (χ3v) is 3.63. The number of nitrogens with one attached hydrogen (secondary N) is 1. The van der Waals surface area contributed by atoms with E-state index in [-0.39, 0.29) is 0 Å². The first-order valence-corrected chi connectivity index (χ1v) is 7.46. The molecule has 3 rings (SSSR count). The maximum absolute atomic E-state index is 6.19. The number of H-pyrrole nitrogens is 1. The fourth-order valence-corrected chi connectivity index (χ4v) is 2.30. The van der Waals surface area contributed by atoms with Crippen LogP contribution in [0.5, 0.6) is 0 Å². The minimum atomic E-state index is 0.506. The zero-order valence-electron chi connectivity index (χ0n) is 12.3. The van der Waals surface area contributed by atoms with E-state index in [4.69, 9.17) is 11.6 Å². The molecule has 110 valence electrons. The molecule has 0 saturated carbocycles. The lowest BCUT2D eigenvalue weighted by Gasteiger charge is -1.96. The Bertz CT molecular complexity index is 774. The number of halogens is 1. The molecule has 0 amide bonds. The van der Waals surface area contributed by atoms with E-state index in [9.17, 15) is 0 Å². The summed E-state index contributed by atoms with van der Waals surface area (Å²) in [5, 5.41) is 0.506. The van der Waals surface area contributed by atoms with Crippen molar-refractivity contribution < 1.29 is 0 Å². The first-order valence-electron chi connectivity index (χ1n) is 7.08. The standard InChI is InChI=1S/C18H16ClN3/c1-13-7-9-14(10-8-13)11-20-12-16-17(19)22-18(21-16)15-5-3-2-4-6-15/h2-10,12H,11H2,1H3,(H,21,22)/b20-12+. The van der Waals surface area contributed by atoms with Gasteiger partial charge in [0.1, 0.15) is 16.7 Å². The normalized spacial score (nSPS) is 11.2. The van der Waals surface area contributed by atoms with Crippen molar-refractivity contribution in [1.82, 2.24) is 9.97 Å². The molecule has 22 heavy (non-hydrogen) atoms. The molecule has 2 aromatic carbocycles. The number of imidazole rings is 1. The van der Waals surface area contributed by atoms with Crippen LogP contribution in [-0.4, -0.2) is 16.2 Å². The Morgan fingerprint density at radius 3 is 2.55 bits per heavy atom. The van der Waals surface area contributed by atoms with Gasteiger partial charge in [-0.15, -0.1) is 0 Å². The first kappa shape index (κ1) is 14.5. The molecule has 0 spiro atoms. The van der Waals surface area contributed by atoms with Gasteiger partial charge >= 0.3 is 0 Å². The molecule has 0 unspecified atom stereocenters. The minimum Gasteiger partial charge on any atom is -0.328 e. The van der Waals surface area contributed by atoms with Crippen LogP contribution < -0.4 is 0 Å². The van der Waals surface area contributed by atoms with Gasteiger partial charge in [0.2, 0.25) is 0 Å². The van der Waals surface area contributed by atoms with Crippen molar-refractivity contribution in [3.63, 3.8) is 0 Å². The number of hydrogen-bond acceptors (Lipinski definition) is 2. The molecular weight excluding hydrogens is 294 g/mol. The van der Waals surface area contributed by atoms with E-state index in [2.05, 4.69) is 46.1 Å². The summed E-state index contributed by atoms with van der Waals surface area (Å²) in [6.07, 6.45) is 1.71. The minimum absolute atomic E-state index is 0.506. The third-order valence-electron chi connectivity index (χ3n) is 3.34. The van der Waals surface area contributed by atoms with Crippen LogP contribution in [0, 0.1) is 6.92 Å². The zero-order valence-corrected chi connectivity index (χ0v) is 13.0. The van der Waals surface area contributed by atoms with E-state index in [0.717, 1.165) is 17.0 Å². The van der Waals surface area contributed by atoms with Crippen LogP contribution in [0.15, 0.2) is 59.6 Å². The van der Waals surface area contributed by atoms with Crippen molar-refractivity contribution >= 4 is 17.8 Å². The fraction of sp³-hybridized carbons (Fsp3) is 0.111. The number of aromatic amines is 1. The smallest absolute Gasteiger partial charge is 0.139 e. The molecule has 0 fully saturated rings. The van der Waals surface area contributed by atoms with Crippen LogP contribution in [-0.2, 0) is 6.54 Å². The summed E-state index contributed by atoms with van der Waals surface area (Å²) < 4.78 is 0. The second kappa shape index (κ2) is 6.58. The Morgan fingerprint density at radius 1 is 1.09 bits per heavy atom. The molecule has 0 atom stereocenters. The van der Waals surface area contributed by atoms with Gasteiger partial charge in [-0.05, 0) is 12.5 Å². The maximum atomic E-state index is 6.19. The average molecular weight is 310 g/mol. The monoisotopic (exact) mass is 309 g/mol. The molecule has 0 aliphatic rings. The Morgan fingerprint density at radius 2 is 1.82 bits per heavy atom. The van der Waals surface area contributed by atoms with E-state index in [0.29, 0.717) is 17.4 Å². The molecule has 0 saturated heterocycles. The topological polar surface area (TPSA) is 41.0 Å². The molecule has 1 N–H and O–H groups in total. The van der Waals surface area contributed by atoms with Gasteiger partial charge in [-0.1, -0.05) is 71.8 Å². The van der Waals surface area contributed by atoms with Crippen molar-refractivity contribution in [1.29, 1.82) is 0 Å². The summed E-state index contributed by atoms with van der Waals surface area (Å²) >= 11 is 6.19. The predicted molar refractivity (Wildman–Crippen MR) is 91.5 cm³/mol. The largest absolute Gasteiger partial charge is 0.328 e. The lowest BCUT2D eigenvalue weighted by Crippen LogP contribution is -1.86. The highest BCUT2D eigenvalue weighted by Crippen LogP contribution is 2.20. The molecule has 4 heteroatoms. The molecule has 1 aromatic heterocycles. The van der Waals surface area contributed by atoms with Gasteiger partial charge in [-0.3, -0.25) is 4.99 Å². The van der Waals surface area contributed by atoms with Gasteiger partial charge in [0.15, 0.2) is 0 Å². The van der Waals surface area contributed by atoms with Crippen LogP contribution in [0.2, 0.25) is 5.15 Å². The van der Waals surface area contributed by atoms with Gasteiger partial charge < -0.3 is 4.98 Å². The Kier molecular flexibility index (Phi) is 4.35. The predicted octanol–water partition coefficient (Wildman–Crippen LogP) is 4.66. The van der Waals surface area contributed by atoms with E-state index >= 15 is 0 Å². The Balaban J connectivity index is 1.74. The molecule has 0 radical (unpaired) electrons. The number of aliphatic imine (C=N–C) groups is 1. The van der Waals surface area contributed by atoms with E-state index < -0.39 is 0 Å². The molecule has 0 aliphatic heterocycles. The Hall–Kier alpha value is -2.39. The van der Waals surface area contributed by atoms with Crippen molar-refractivity contribution in [3.05, 3.63) is 76.6 Å². The summed E-state index contributed by atoms with van der Waals surface area (Å²) in [4.78, 5) is 12.0. The van der Waals surface area contributed by atoms with Crippen molar-refractivity contribution in [3.8, 4) is 11.4 Å². The van der Waals surface area contributed by atoms with E-state index in [1.54, 1.807) is 6.21 Å². The lowest BCUT2D eigenvalue weighted by molar-refractivity contribution is 1.07. The summed E-state index contributed by atoms with van der Waals surface area (Å²) in [6, 6.07) is 18.2. The summed E-state index contributed by atoms with van der Waals surface area (Å²) in [5.74, 6) is 0.752. The van der Waals surface area contributed by atoms with Gasteiger partial charge in [0.25, 0.3) is 0 Å². The number of hydrogen-bond donors (Lipinski definition) is 1. The number of aromatic nitrogens is 2. The third kappa shape index (κ3) is 3.43. The average Bonchev–Trinajstić information content (AvgIpc) is 2.91. The quantitative estimate of drug-likeness (QED) is 0.700. The molecule has 3 aromatic rings. The number of nitrogens with zero attached hydrogens (tertiary/aromatic N) is 2. The van der Waals surface area contributed by atoms with E-state index in [1.807, 2.05) is 30.3 Å². The second-order valence-electron chi connectivity index (χ2n) is 5.11. The van der Waals surface area contributed by atoms with E-state index in [1.165, 1.54) is 5.56 Å². The molecule has 0 bridgehead atoms. The highest BCUT2D eigenvalue weighted by atomic mass is 35.5. The van der Waals surface area contributed by atoms with Crippen LogP contribution in [0.1, 0.15) is 16.8 Å². The Labute approximate surface area is 134 Å². The van der Waals surface area contributed by atoms with Crippen molar-refractivity contribution in [2.24, 2.45) is 4.99 Å². The molecule has 1 heterocycles. The van der Waals surface area contributed by atoms with Crippen LogP contribution in [0.4, 0.5) is 0 Å². The van der Waals surface area contributed by atoms with Crippen LogP contribution in [0.3, 0.4) is 0 Å². The van der Waals surface area contributed by atoms with Crippen LogP contribution >= 0.6 is 11.6 Å². The summed E-state index contributed by atoms with van der Waals surface area (Å²) in [7, 11) is 0. The number of benzene rings is 2. The van der Waals surface area contributed by atoms with Crippen LogP contribution in [0.25, 0.3) is 11.4 Å². The van der Waals surface area contributed by atoms with Gasteiger partial charge in [-0.2, -0.15) is 0 Å². The lowest BCUT2D eigenvalue weighted by atomic mass is 10.1. The maximum Gasteiger partial charge on any atom is 0.139 e. The van der Waals surface area contributed by atoms with Crippen molar-refractivity contribution in [2.75, 3.05) is 0 Å². The molecular formula is C18H16ClN3. The second-order valence-corrected chi connectivity index (χ2v) is 5.48. The van der Waals surface area contributed by atoms with Gasteiger partial charge in [0.05, 0.1) is 12.8 Å². The highest BCUT2D eigenvalue weighted by Gasteiger charge is 2.07. The summed E-state index contributed by atoms with van der Waals surface area (Å²) in [5.41, 5.74) is 4.07. The van der Waals surface area contributed by atoms with Gasteiger partial charge in [-0.25, -0.2) is 4.98 Å². The fourth-order valence-electron chi connectivity index (χ4n) is 2.11. The van der Waals surface area contributed by atoms with Crippen molar-refractivity contribution in [2.45, 2.75) is 13.5 Å². The first-order chi connectivity index (χ1) is 10.7. The summed E-state index contributed by atoms with van der Waals surface area (Å²) in [6.45, 7) is 2.69. The number of aryl methyl sites for hydroxylation is 1.